The molecule has 34 heavy (non-hydrogen) atoms. The maximum absolute atomic E-state index is 12.6. The third-order valence-corrected chi connectivity index (χ3v) is 8.74. The Morgan fingerprint density at radius 2 is 2.15 bits per heavy atom. The lowest BCUT2D eigenvalue weighted by atomic mass is 9.77. The van der Waals surface area contributed by atoms with Crippen molar-refractivity contribution in [3.05, 3.63) is 23.1 Å². The van der Waals surface area contributed by atoms with Gasteiger partial charge in [-0.25, -0.2) is 4.57 Å². The normalized spacial score (nSPS) is 22.8. The first-order valence-electron chi connectivity index (χ1n) is 11.1. The smallest absolute Gasteiger partial charge is 0.264 e. The van der Waals surface area contributed by atoms with Crippen LogP contribution in [0.25, 0.3) is 10.4 Å². The molecule has 2 aromatic rings. The molecule has 184 valence electrons. The lowest BCUT2D eigenvalue weighted by molar-refractivity contribution is -0.508. The van der Waals surface area contributed by atoms with Gasteiger partial charge in [0.05, 0.1) is 34.6 Å². The highest BCUT2D eigenvalue weighted by molar-refractivity contribution is 7.98. The molecule has 4 atom stereocenters. The number of imidazole rings is 1. The molecule has 1 saturated heterocycles. The number of nitrogens with zero attached hydrogens (tertiary/aromatic N) is 4. The van der Waals surface area contributed by atoms with Crippen molar-refractivity contribution in [1.82, 2.24) is 14.4 Å². The van der Waals surface area contributed by atoms with Gasteiger partial charge < -0.3 is 30.5 Å². The Labute approximate surface area is 205 Å². The summed E-state index contributed by atoms with van der Waals surface area (Å²) in [7, 11) is 1.76. The van der Waals surface area contributed by atoms with Gasteiger partial charge in [0.25, 0.3) is 12.2 Å². The number of hydrogen-bond donors (Lipinski definition) is 2. The van der Waals surface area contributed by atoms with E-state index in [1.54, 1.807) is 18.9 Å². The molecule has 0 spiro atoms. The Morgan fingerprint density at radius 1 is 1.44 bits per heavy atom. The number of carbonyl (C=O) groups is 3. The van der Waals surface area contributed by atoms with Gasteiger partial charge in [0.2, 0.25) is 15.8 Å². The molecule has 4 heterocycles. The van der Waals surface area contributed by atoms with E-state index in [9.17, 15) is 24.6 Å². The number of nitrogens with two attached hydrogens (primary N) is 1. The van der Waals surface area contributed by atoms with Crippen molar-refractivity contribution in [3.63, 3.8) is 0 Å². The van der Waals surface area contributed by atoms with Crippen LogP contribution >= 0.6 is 23.1 Å². The number of thioether (sulfide) groups is 1. The van der Waals surface area contributed by atoms with Crippen LogP contribution in [-0.4, -0.2) is 75.8 Å². The van der Waals surface area contributed by atoms with E-state index < -0.39 is 24.0 Å². The van der Waals surface area contributed by atoms with Crippen LogP contribution in [0.15, 0.2) is 23.2 Å². The van der Waals surface area contributed by atoms with Crippen LogP contribution in [0.4, 0.5) is 0 Å². The third kappa shape index (κ3) is 3.82. The summed E-state index contributed by atoms with van der Waals surface area (Å²) in [5, 5.41) is 23.0. The molecule has 0 aliphatic carbocycles. The van der Waals surface area contributed by atoms with Crippen molar-refractivity contribution >= 4 is 51.3 Å². The second-order valence-electron chi connectivity index (χ2n) is 8.82. The van der Waals surface area contributed by atoms with Gasteiger partial charge in [-0.3, -0.25) is 9.59 Å². The molecule has 0 bridgehead atoms. The molecule has 2 aromatic heterocycles. The second kappa shape index (κ2) is 9.33. The molecule has 3 N–H and O–H groups in total. The first-order chi connectivity index (χ1) is 16.1. The summed E-state index contributed by atoms with van der Waals surface area (Å²) in [5.41, 5.74) is 5.98. The van der Waals surface area contributed by atoms with E-state index in [-0.39, 0.29) is 30.0 Å². The molecule has 0 unspecified atom stereocenters. The molecule has 10 nitrogen and oxygen atoms in total. The van der Waals surface area contributed by atoms with Crippen LogP contribution in [0, 0.1) is 11.8 Å². The predicted molar refractivity (Wildman–Crippen MR) is 125 cm³/mol. The van der Waals surface area contributed by atoms with Crippen molar-refractivity contribution in [2.75, 3.05) is 26.4 Å². The minimum Gasteiger partial charge on any atom is -0.543 e. The average Bonchev–Trinajstić information content (AvgIpc) is 3.38. The molecule has 12 heteroatoms. The Morgan fingerprint density at radius 3 is 2.74 bits per heavy atom. The van der Waals surface area contributed by atoms with Gasteiger partial charge in [-0.15, -0.1) is 0 Å². The van der Waals surface area contributed by atoms with E-state index in [1.165, 1.54) is 28.0 Å². The number of aromatic nitrogens is 2. The van der Waals surface area contributed by atoms with Crippen molar-refractivity contribution in [2.24, 2.45) is 17.6 Å². The van der Waals surface area contributed by atoms with Crippen molar-refractivity contribution < 1.29 is 29.0 Å². The zero-order chi connectivity index (χ0) is 24.9. The summed E-state index contributed by atoms with van der Waals surface area (Å²) in [4.78, 5) is 41.8. The molecule has 4 rings (SSSR count). The van der Waals surface area contributed by atoms with Crippen molar-refractivity contribution in [2.45, 2.75) is 44.0 Å². The van der Waals surface area contributed by atoms with Gasteiger partial charge in [-0.1, -0.05) is 30.0 Å². The maximum atomic E-state index is 12.6. The number of carbonyl (C=O) groups excluding carboxylic acids is 3. The van der Waals surface area contributed by atoms with E-state index in [1.807, 2.05) is 34.7 Å². The first-order valence-corrected chi connectivity index (χ1v) is 13.1. The number of aliphatic carboxylic acids is 1. The Hall–Kier alpha value is -2.41. The van der Waals surface area contributed by atoms with E-state index >= 15 is 0 Å². The van der Waals surface area contributed by atoms with Gasteiger partial charge in [-0.2, -0.15) is 4.40 Å². The summed E-state index contributed by atoms with van der Waals surface area (Å²) < 4.78 is 3.77. The minimum atomic E-state index is -1.40. The number of carboxylic acids is 1. The first kappa shape index (κ1) is 24.7. The quantitative estimate of drug-likeness (QED) is 0.256. The molecule has 0 saturated carbocycles. The fourth-order valence-corrected chi connectivity index (χ4v) is 7.16. The molecule has 0 radical (unpaired) electrons. The van der Waals surface area contributed by atoms with Crippen LogP contribution in [0.5, 0.6) is 0 Å². The minimum absolute atomic E-state index is 0.0226. The number of aliphatic hydroxyl groups is 1. The highest BCUT2D eigenvalue weighted by Gasteiger charge is 2.59. The number of fused-ring (bicyclic) bond motifs is 2. The zero-order valence-corrected chi connectivity index (χ0v) is 21.2. The van der Waals surface area contributed by atoms with E-state index in [0.717, 1.165) is 21.2 Å². The Balaban J connectivity index is 1.69. The molecular formula is C22H29N5O5S2. The van der Waals surface area contributed by atoms with E-state index in [4.69, 9.17) is 5.73 Å². The van der Waals surface area contributed by atoms with E-state index in [2.05, 4.69) is 0 Å². The van der Waals surface area contributed by atoms with Crippen molar-refractivity contribution in [3.8, 4) is 0 Å². The summed E-state index contributed by atoms with van der Waals surface area (Å²) in [6.07, 6.45) is 5.46. The Bertz CT molecular complexity index is 1190. The van der Waals surface area contributed by atoms with Crippen LogP contribution < -0.4 is 15.2 Å². The average molecular weight is 508 g/mol. The number of amides is 2. The SMILES string of the molecule is CSc1c2sc(C3=C(C(=O)[O-])N4C(=O)[C@H]([C@@H](C)O)[C@H]4[C@H]3C)c[n+]2cn1CC(=O)N(C)CCCN. The number of aliphatic hydroxyl groups excluding tert-OH is 1. The monoisotopic (exact) mass is 507 g/mol. The summed E-state index contributed by atoms with van der Waals surface area (Å²) in [6, 6.07) is -0.400. The number of rotatable bonds is 9. The summed E-state index contributed by atoms with van der Waals surface area (Å²) in [5.74, 6) is -2.70. The van der Waals surface area contributed by atoms with Crippen LogP contribution in [-0.2, 0) is 20.9 Å². The third-order valence-electron chi connectivity index (χ3n) is 6.66. The lowest BCUT2D eigenvalue weighted by Crippen LogP contribution is -2.64. The second-order valence-corrected chi connectivity index (χ2v) is 10.6. The zero-order valence-electron chi connectivity index (χ0n) is 19.6. The van der Waals surface area contributed by atoms with E-state index in [0.29, 0.717) is 18.7 Å². The number of likely N-dealkylation sites (N-methyl/N-ethyl adjacent to an activating group) is 1. The van der Waals surface area contributed by atoms with Gasteiger partial charge in [0.15, 0.2) is 6.54 Å². The lowest BCUT2D eigenvalue weighted by Gasteiger charge is -2.47. The van der Waals surface area contributed by atoms with Crippen LogP contribution in [0.1, 0.15) is 25.1 Å². The number of hydrogen-bond acceptors (Lipinski definition) is 8. The highest BCUT2D eigenvalue weighted by atomic mass is 32.2. The Kier molecular flexibility index (Phi) is 6.78. The molecule has 2 amide bonds. The summed E-state index contributed by atoms with van der Waals surface area (Å²) in [6.45, 7) is 4.74. The number of β-lactam (4-membered cyclic amide) rings is 1. The topological polar surface area (TPSA) is 136 Å². The fraction of sp³-hybridized carbons (Fsp3) is 0.545. The van der Waals surface area contributed by atoms with Crippen molar-refractivity contribution in [1.29, 1.82) is 0 Å². The van der Waals surface area contributed by atoms with Gasteiger partial charge in [0.1, 0.15) is 6.20 Å². The van der Waals surface area contributed by atoms with Crippen LogP contribution in [0.3, 0.4) is 0 Å². The van der Waals surface area contributed by atoms with Crippen LogP contribution in [0.2, 0.25) is 0 Å². The molecule has 2 aliphatic rings. The predicted octanol–water partition coefficient (Wildman–Crippen LogP) is -0.864. The molecule has 0 aromatic carbocycles. The molecular weight excluding hydrogens is 478 g/mol. The van der Waals surface area contributed by atoms with Gasteiger partial charge in [0, 0.05) is 25.1 Å². The van der Waals surface area contributed by atoms with Gasteiger partial charge in [-0.05, 0) is 26.1 Å². The summed E-state index contributed by atoms with van der Waals surface area (Å²) >= 11 is 2.92. The fourth-order valence-electron chi connectivity index (χ4n) is 4.98. The standard InChI is InChI=1S/C22H29N5O5S2/c1-11-15(18(22(31)32)27-17(11)16(12(2)28)19(27)30)13-8-25-10-26(20(33-4)21(25)34-13)9-14(29)24(3)7-5-6-23/h8,10-12,16-17,28H,5-7,9,23H2,1-4H3/t11-,12+,16+,17+/m0/s1. The number of thiazole rings is 1. The molecule has 1 fully saturated rings. The maximum Gasteiger partial charge on any atom is 0.264 e. The largest absolute Gasteiger partial charge is 0.543 e. The highest BCUT2D eigenvalue weighted by Crippen LogP contribution is 2.51. The van der Waals surface area contributed by atoms with Gasteiger partial charge >= 0.3 is 0 Å². The molecule has 2 aliphatic heterocycles. The number of carboxylic acid groups (broad SMARTS) is 1.